The van der Waals surface area contributed by atoms with Crippen LogP contribution in [0.3, 0.4) is 0 Å². The molecule has 3 aromatic carbocycles. The monoisotopic (exact) mass is 429 g/mol. The van der Waals surface area contributed by atoms with Crippen LogP contribution < -0.4 is 18.9 Å². The van der Waals surface area contributed by atoms with E-state index in [1.54, 1.807) is 14.2 Å². The summed E-state index contributed by atoms with van der Waals surface area (Å²) >= 11 is 0. The predicted molar refractivity (Wildman–Crippen MR) is 122 cm³/mol. The zero-order chi connectivity index (χ0) is 21.7. The van der Waals surface area contributed by atoms with Crippen LogP contribution in [0, 0.1) is 0 Å². The van der Waals surface area contributed by atoms with Crippen LogP contribution in [0.25, 0.3) is 0 Å². The van der Waals surface area contributed by atoms with Crippen molar-refractivity contribution in [1.82, 2.24) is 4.90 Å². The topological polar surface area (TPSA) is 40.2 Å². The van der Waals surface area contributed by atoms with E-state index in [1.807, 2.05) is 6.07 Å². The Bertz CT molecular complexity index is 1160. The summed E-state index contributed by atoms with van der Waals surface area (Å²) in [6.07, 6.45) is 2.86. The Morgan fingerprint density at radius 1 is 0.938 bits per heavy atom. The molecule has 5 heteroatoms. The van der Waals surface area contributed by atoms with Crippen LogP contribution >= 0.6 is 0 Å². The van der Waals surface area contributed by atoms with E-state index in [0.29, 0.717) is 12.8 Å². The third-order valence-corrected chi connectivity index (χ3v) is 7.13. The first-order valence-corrected chi connectivity index (χ1v) is 11.2. The van der Waals surface area contributed by atoms with Gasteiger partial charge in [0.1, 0.15) is 0 Å². The van der Waals surface area contributed by atoms with E-state index in [0.717, 1.165) is 48.8 Å². The van der Waals surface area contributed by atoms with Crippen LogP contribution in [0.2, 0.25) is 0 Å². The molecule has 6 rings (SSSR count). The molecule has 3 aromatic rings. The minimum absolute atomic E-state index is 0.203. The normalized spacial score (nSPS) is 20.8. The first-order chi connectivity index (χ1) is 15.8. The molecule has 0 bridgehead atoms. The molecule has 3 aliphatic heterocycles. The number of nitrogens with zero attached hydrogens (tertiary/aromatic N) is 1. The van der Waals surface area contributed by atoms with Crippen molar-refractivity contribution in [2.24, 2.45) is 0 Å². The van der Waals surface area contributed by atoms with Gasteiger partial charge in [-0.05, 0) is 59.7 Å². The summed E-state index contributed by atoms with van der Waals surface area (Å²) in [7, 11) is 3.46. The van der Waals surface area contributed by atoms with E-state index in [2.05, 4.69) is 53.4 Å². The number of benzene rings is 3. The molecule has 0 saturated carbocycles. The SMILES string of the molecule is COc1ccc2c(c1OC)[C@H](Cc1ccccc1)N1CCc3cc4c(cc3[C@@H]1C2)OCO4. The molecule has 32 heavy (non-hydrogen) atoms. The van der Waals surface area contributed by atoms with Gasteiger partial charge in [-0.2, -0.15) is 0 Å². The maximum atomic E-state index is 5.92. The Kier molecular flexibility index (Phi) is 4.72. The van der Waals surface area contributed by atoms with Crippen LogP contribution in [0.4, 0.5) is 0 Å². The van der Waals surface area contributed by atoms with Crippen molar-refractivity contribution in [1.29, 1.82) is 0 Å². The van der Waals surface area contributed by atoms with Crippen molar-refractivity contribution in [2.75, 3.05) is 27.6 Å². The quantitative estimate of drug-likeness (QED) is 0.592. The third kappa shape index (κ3) is 3.03. The average molecular weight is 430 g/mol. The highest BCUT2D eigenvalue weighted by atomic mass is 16.7. The van der Waals surface area contributed by atoms with E-state index in [-0.39, 0.29) is 6.04 Å². The Morgan fingerprint density at radius 2 is 1.75 bits per heavy atom. The maximum Gasteiger partial charge on any atom is 0.231 e. The number of methoxy groups -OCH3 is 2. The molecule has 0 spiro atoms. The Balaban J connectivity index is 1.49. The maximum absolute atomic E-state index is 5.92. The lowest BCUT2D eigenvalue weighted by Crippen LogP contribution is -2.43. The molecule has 164 valence electrons. The van der Waals surface area contributed by atoms with Gasteiger partial charge in [0.05, 0.1) is 14.2 Å². The Morgan fingerprint density at radius 3 is 2.53 bits per heavy atom. The number of ether oxygens (including phenoxy) is 4. The summed E-state index contributed by atoms with van der Waals surface area (Å²) in [4.78, 5) is 2.65. The van der Waals surface area contributed by atoms with Gasteiger partial charge in [0.2, 0.25) is 6.79 Å². The van der Waals surface area contributed by atoms with E-state index < -0.39 is 0 Å². The minimum Gasteiger partial charge on any atom is -0.493 e. The van der Waals surface area contributed by atoms with Gasteiger partial charge in [0, 0.05) is 24.2 Å². The molecule has 0 unspecified atom stereocenters. The van der Waals surface area contributed by atoms with Gasteiger partial charge in [0.15, 0.2) is 23.0 Å². The van der Waals surface area contributed by atoms with E-state index in [1.165, 1.54) is 27.8 Å². The summed E-state index contributed by atoms with van der Waals surface area (Å²) in [5.74, 6) is 3.40. The zero-order valence-electron chi connectivity index (χ0n) is 18.5. The highest BCUT2D eigenvalue weighted by Crippen LogP contribution is 2.51. The fraction of sp³-hybridized carbons (Fsp3) is 0.333. The van der Waals surface area contributed by atoms with Gasteiger partial charge in [-0.3, -0.25) is 4.90 Å². The molecular weight excluding hydrogens is 402 g/mol. The molecule has 0 N–H and O–H groups in total. The molecule has 0 aliphatic carbocycles. The smallest absolute Gasteiger partial charge is 0.231 e. The highest BCUT2D eigenvalue weighted by molar-refractivity contribution is 5.56. The fourth-order valence-electron chi connectivity index (χ4n) is 5.68. The Labute approximate surface area is 188 Å². The minimum atomic E-state index is 0.203. The van der Waals surface area contributed by atoms with Crippen LogP contribution in [-0.4, -0.2) is 32.5 Å². The fourth-order valence-corrected chi connectivity index (χ4v) is 5.68. The molecule has 0 saturated heterocycles. The van der Waals surface area contributed by atoms with Gasteiger partial charge in [-0.1, -0.05) is 36.4 Å². The van der Waals surface area contributed by atoms with E-state index in [9.17, 15) is 0 Å². The lowest BCUT2D eigenvalue weighted by molar-refractivity contribution is 0.103. The summed E-state index contributed by atoms with van der Waals surface area (Å²) in [6.45, 7) is 1.30. The number of hydrogen-bond acceptors (Lipinski definition) is 5. The number of rotatable bonds is 4. The predicted octanol–water partition coefficient (Wildman–Crippen LogP) is 4.87. The Hall–Kier alpha value is -3.18. The second-order valence-electron chi connectivity index (χ2n) is 8.69. The van der Waals surface area contributed by atoms with Crippen molar-refractivity contribution >= 4 is 0 Å². The van der Waals surface area contributed by atoms with Crippen LogP contribution in [0.5, 0.6) is 23.0 Å². The molecule has 0 amide bonds. The lowest BCUT2D eigenvalue weighted by atomic mass is 9.78. The third-order valence-electron chi connectivity index (χ3n) is 7.13. The van der Waals surface area contributed by atoms with Crippen LogP contribution in [0.15, 0.2) is 54.6 Å². The first kappa shape index (κ1) is 19.5. The molecule has 3 aliphatic rings. The van der Waals surface area contributed by atoms with E-state index >= 15 is 0 Å². The second kappa shape index (κ2) is 7.75. The van der Waals surface area contributed by atoms with Crippen LogP contribution in [-0.2, 0) is 19.3 Å². The first-order valence-electron chi connectivity index (χ1n) is 11.2. The van der Waals surface area contributed by atoms with Crippen molar-refractivity contribution in [3.8, 4) is 23.0 Å². The van der Waals surface area contributed by atoms with Gasteiger partial charge in [-0.25, -0.2) is 0 Å². The molecule has 5 nitrogen and oxygen atoms in total. The number of hydrogen-bond donors (Lipinski definition) is 0. The molecule has 0 fully saturated rings. The van der Waals surface area contributed by atoms with Crippen LogP contribution in [0.1, 0.15) is 39.9 Å². The van der Waals surface area contributed by atoms with Gasteiger partial charge in [0.25, 0.3) is 0 Å². The molecule has 2 atom stereocenters. The van der Waals surface area contributed by atoms with Crippen molar-refractivity contribution in [2.45, 2.75) is 31.3 Å². The van der Waals surface area contributed by atoms with Gasteiger partial charge < -0.3 is 18.9 Å². The molecule has 0 aromatic heterocycles. The number of fused-ring (bicyclic) bond motifs is 5. The van der Waals surface area contributed by atoms with Crippen molar-refractivity contribution in [3.63, 3.8) is 0 Å². The van der Waals surface area contributed by atoms with Gasteiger partial charge in [-0.15, -0.1) is 0 Å². The summed E-state index contributed by atoms with van der Waals surface area (Å²) < 4.78 is 23.0. The standard InChI is InChI=1S/C27H27NO4/c1-29-23-9-8-19-13-21-20-15-25-24(31-16-32-25)14-18(20)10-11-28(21)22(26(19)27(23)30-2)12-17-6-4-3-5-7-17/h3-9,14-15,21-22H,10-13,16H2,1-2H3/t21-,22-/m0/s1. The summed E-state index contributed by atoms with van der Waals surface area (Å²) in [5.41, 5.74) is 6.65. The molecular formula is C27H27NO4. The zero-order valence-corrected chi connectivity index (χ0v) is 18.5. The van der Waals surface area contributed by atoms with Crippen molar-refractivity contribution < 1.29 is 18.9 Å². The highest BCUT2D eigenvalue weighted by Gasteiger charge is 2.41. The van der Waals surface area contributed by atoms with E-state index in [4.69, 9.17) is 18.9 Å². The second-order valence-corrected chi connectivity index (χ2v) is 8.69. The largest absolute Gasteiger partial charge is 0.493 e. The molecule has 0 radical (unpaired) electrons. The summed E-state index contributed by atoms with van der Waals surface area (Å²) in [5, 5.41) is 0. The molecule has 3 heterocycles. The average Bonchev–Trinajstić information content (AvgIpc) is 3.30. The summed E-state index contributed by atoms with van der Waals surface area (Å²) in [6, 6.07) is 19.9. The van der Waals surface area contributed by atoms with Gasteiger partial charge >= 0.3 is 0 Å². The lowest BCUT2D eigenvalue weighted by Gasteiger charge is -2.47. The van der Waals surface area contributed by atoms with Crippen molar-refractivity contribution in [3.05, 3.63) is 82.4 Å².